The maximum atomic E-state index is 13.1. The number of hydrogen-bond acceptors (Lipinski definition) is 3. The molecule has 3 nitrogen and oxygen atoms in total. The number of halogens is 4. The maximum Gasteiger partial charge on any atom is 0.406 e. The van der Waals surface area contributed by atoms with Gasteiger partial charge in [-0.25, -0.2) is 0 Å². The zero-order chi connectivity index (χ0) is 15.1. The molecule has 2 rings (SSSR count). The monoisotopic (exact) mass is 371 g/mol. The van der Waals surface area contributed by atoms with Crippen LogP contribution in [0, 0.1) is 5.41 Å². The average molecular weight is 372 g/mol. The van der Waals surface area contributed by atoms with Crippen LogP contribution < -0.4 is 0 Å². The Morgan fingerprint density at radius 1 is 1.60 bits per heavy atom. The maximum absolute atomic E-state index is 13.1. The third-order valence-electron chi connectivity index (χ3n) is 3.80. The van der Waals surface area contributed by atoms with Crippen molar-refractivity contribution in [1.82, 2.24) is 4.90 Å². The Balaban J connectivity index is 2.21. The lowest BCUT2D eigenvalue weighted by Crippen LogP contribution is -2.47. The van der Waals surface area contributed by atoms with E-state index in [0.29, 0.717) is 0 Å². The lowest BCUT2D eigenvalue weighted by atomic mass is 9.86. The third-order valence-corrected chi connectivity index (χ3v) is 5.66. The van der Waals surface area contributed by atoms with Gasteiger partial charge in [0.15, 0.2) is 5.41 Å². The van der Waals surface area contributed by atoms with Gasteiger partial charge in [0, 0.05) is 33.9 Å². The molecule has 0 bridgehead atoms. The fourth-order valence-corrected chi connectivity index (χ4v) is 3.96. The van der Waals surface area contributed by atoms with Gasteiger partial charge in [0.1, 0.15) is 0 Å². The standard InChI is InChI=1S/C12H13BrF3NO2S/c1-7(9-4-8(13)5-20-9)17-3-2-11(6-17,10(18)19)12(14,15)16/h4-5,7H,2-3,6H2,1H3,(H,18,19). The summed E-state index contributed by atoms with van der Waals surface area (Å²) < 4.78 is 40.2. The molecular weight excluding hydrogens is 359 g/mol. The zero-order valence-electron chi connectivity index (χ0n) is 10.6. The van der Waals surface area contributed by atoms with Crippen molar-refractivity contribution in [3.05, 3.63) is 20.8 Å². The summed E-state index contributed by atoms with van der Waals surface area (Å²) in [6.45, 7) is 1.43. The fraction of sp³-hybridized carbons (Fsp3) is 0.583. The van der Waals surface area contributed by atoms with Crippen LogP contribution in [0.25, 0.3) is 0 Å². The molecule has 1 aliphatic heterocycles. The number of carboxylic acid groups (broad SMARTS) is 1. The van der Waals surface area contributed by atoms with Crippen LogP contribution in [-0.2, 0) is 4.79 Å². The first-order valence-corrected chi connectivity index (χ1v) is 7.63. The number of alkyl halides is 3. The van der Waals surface area contributed by atoms with E-state index >= 15 is 0 Å². The van der Waals surface area contributed by atoms with Gasteiger partial charge in [-0.3, -0.25) is 9.69 Å². The van der Waals surface area contributed by atoms with Gasteiger partial charge >= 0.3 is 12.1 Å². The van der Waals surface area contributed by atoms with Crippen molar-refractivity contribution in [2.75, 3.05) is 13.1 Å². The van der Waals surface area contributed by atoms with Crippen LogP contribution in [0.15, 0.2) is 15.9 Å². The van der Waals surface area contributed by atoms with Crippen molar-refractivity contribution in [3.63, 3.8) is 0 Å². The van der Waals surface area contributed by atoms with Crippen molar-refractivity contribution in [2.45, 2.75) is 25.6 Å². The van der Waals surface area contributed by atoms with Crippen molar-refractivity contribution in [3.8, 4) is 0 Å². The summed E-state index contributed by atoms with van der Waals surface area (Å²) in [5, 5.41) is 10.9. The highest BCUT2D eigenvalue weighted by atomic mass is 79.9. The van der Waals surface area contributed by atoms with Crippen LogP contribution in [0.5, 0.6) is 0 Å². The molecule has 1 saturated heterocycles. The SMILES string of the molecule is CC(c1cc(Br)cs1)N1CCC(C(=O)O)(C(F)(F)F)C1. The number of aliphatic carboxylic acids is 1. The lowest BCUT2D eigenvalue weighted by Gasteiger charge is -2.29. The first-order valence-electron chi connectivity index (χ1n) is 5.95. The molecule has 0 aliphatic carbocycles. The summed E-state index contributed by atoms with van der Waals surface area (Å²) in [4.78, 5) is 13.6. The second-order valence-electron chi connectivity index (χ2n) is 4.95. The molecule has 0 aromatic carbocycles. The van der Waals surface area contributed by atoms with Crippen LogP contribution >= 0.6 is 27.3 Å². The highest BCUT2D eigenvalue weighted by Gasteiger charge is 2.63. The quantitative estimate of drug-likeness (QED) is 0.875. The number of carbonyl (C=O) groups is 1. The molecule has 0 spiro atoms. The van der Waals surface area contributed by atoms with Crippen molar-refractivity contribution < 1.29 is 23.1 Å². The Hall–Kier alpha value is -0.600. The highest BCUT2D eigenvalue weighted by molar-refractivity contribution is 9.10. The van der Waals surface area contributed by atoms with E-state index in [1.807, 2.05) is 11.4 Å². The minimum atomic E-state index is -4.73. The summed E-state index contributed by atoms with van der Waals surface area (Å²) in [5.74, 6) is -1.79. The number of rotatable bonds is 3. The first kappa shape index (κ1) is 15.8. The van der Waals surface area contributed by atoms with E-state index in [1.54, 1.807) is 11.8 Å². The van der Waals surface area contributed by atoms with Gasteiger partial charge < -0.3 is 5.11 Å². The number of nitrogens with zero attached hydrogens (tertiary/aromatic N) is 1. The summed E-state index contributed by atoms with van der Waals surface area (Å²) in [6.07, 6.45) is -5.13. The minimum Gasteiger partial charge on any atom is -0.481 e. The van der Waals surface area contributed by atoms with E-state index in [0.717, 1.165) is 9.35 Å². The molecule has 1 aliphatic rings. The molecule has 20 heavy (non-hydrogen) atoms. The van der Waals surface area contributed by atoms with Crippen LogP contribution in [0.3, 0.4) is 0 Å². The first-order chi connectivity index (χ1) is 9.17. The second-order valence-corrected chi connectivity index (χ2v) is 6.81. The second kappa shape index (κ2) is 5.31. The van der Waals surface area contributed by atoms with Crippen LogP contribution in [0.4, 0.5) is 13.2 Å². The molecule has 1 aromatic rings. The Morgan fingerprint density at radius 3 is 2.65 bits per heavy atom. The molecule has 0 saturated carbocycles. The summed E-state index contributed by atoms with van der Waals surface area (Å²) in [7, 11) is 0. The van der Waals surface area contributed by atoms with Crippen LogP contribution in [0.1, 0.15) is 24.3 Å². The van der Waals surface area contributed by atoms with Crippen molar-refractivity contribution >= 4 is 33.2 Å². The third kappa shape index (κ3) is 2.60. The summed E-state index contributed by atoms with van der Waals surface area (Å²) in [5.41, 5.74) is -2.64. The Kier molecular flexibility index (Phi) is 4.19. The van der Waals surface area contributed by atoms with Gasteiger partial charge in [-0.05, 0) is 35.3 Å². The Morgan fingerprint density at radius 2 is 2.25 bits per heavy atom. The predicted molar refractivity (Wildman–Crippen MR) is 72.7 cm³/mol. The van der Waals surface area contributed by atoms with E-state index in [1.165, 1.54) is 11.3 Å². The number of likely N-dealkylation sites (tertiary alicyclic amines) is 1. The topological polar surface area (TPSA) is 40.5 Å². The molecule has 2 atom stereocenters. The van der Waals surface area contributed by atoms with Gasteiger partial charge in [-0.15, -0.1) is 11.3 Å². The smallest absolute Gasteiger partial charge is 0.406 e. The number of thiophene rings is 1. The molecule has 0 radical (unpaired) electrons. The molecule has 1 fully saturated rings. The fourth-order valence-electron chi connectivity index (χ4n) is 2.42. The number of carboxylic acids is 1. The Labute approximate surface area is 126 Å². The van der Waals surface area contributed by atoms with Gasteiger partial charge in [0.05, 0.1) is 0 Å². The minimum absolute atomic E-state index is 0.127. The van der Waals surface area contributed by atoms with E-state index in [9.17, 15) is 18.0 Å². The molecule has 1 N–H and O–H groups in total. The summed E-state index contributed by atoms with van der Waals surface area (Å²) in [6, 6.07) is 1.62. The lowest BCUT2D eigenvalue weighted by molar-refractivity contribution is -0.227. The Bertz CT molecular complexity index is 519. The predicted octanol–water partition coefficient (Wildman–Crippen LogP) is 3.91. The largest absolute Gasteiger partial charge is 0.481 e. The van der Waals surface area contributed by atoms with Gasteiger partial charge in [-0.2, -0.15) is 13.2 Å². The van der Waals surface area contributed by atoms with Crippen molar-refractivity contribution in [2.24, 2.45) is 5.41 Å². The van der Waals surface area contributed by atoms with Gasteiger partial charge in [0.2, 0.25) is 0 Å². The van der Waals surface area contributed by atoms with E-state index in [4.69, 9.17) is 5.11 Å². The van der Waals surface area contributed by atoms with Gasteiger partial charge in [0.25, 0.3) is 0 Å². The zero-order valence-corrected chi connectivity index (χ0v) is 13.0. The molecule has 1 aromatic heterocycles. The van der Waals surface area contributed by atoms with Crippen molar-refractivity contribution in [1.29, 1.82) is 0 Å². The van der Waals surface area contributed by atoms with E-state index in [-0.39, 0.29) is 12.6 Å². The molecule has 2 heterocycles. The summed E-state index contributed by atoms with van der Waals surface area (Å²) >= 11 is 4.75. The van der Waals surface area contributed by atoms with Gasteiger partial charge in [-0.1, -0.05) is 0 Å². The van der Waals surface area contributed by atoms with E-state index < -0.39 is 30.5 Å². The molecule has 8 heteroatoms. The normalized spacial score (nSPS) is 25.9. The van der Waals surface area contributed by atoms with E-state index in [2.05, 4.69) is 15.9 Å². The molecule has 2 unspecified atom stereocenters. The molecule has 0 amide bonds. The number of hydrogen-bond donors (Lipinski definition) is 1. The molecular formula is C12H13BrF3NO2S. The average Bonchev–Trinajstić information content (AvgIpc) is 2.93. The van der Waals surface area contributed by atoms with Crippen LogP contribution in [0.2, 0.25) is 0 Å². The molecule has 112 valence electrons. The van der Waals surface area contributed by atoms with Crippen LogP contribution in [-0.4, -0.2) is 35.2 Å². The highest BCUT2D eigenvalue weighted by Crippen LogP contribution is 2.47.